The predicted molar refractivity (Wildman–Crippen MR) is 99.6 cm³/mol. The summed E-state index contributed by atoms with van der Waals surface area (Å²) in [6, 6.07) is 0.871. The van der Waals surface area contributed by atoms with Gasteiger partial charge in [-0.15, -0.1) is 11.3 Å². The van der Waals surface area contributed by atoms with E-state index in [1.54, 1.807) is 11.4 Å². The molecule has 1 aromatic rings. The third-order valence-corrected chi connectivity index (χ3v) is 6.14. The van der Waals surface area contributed by atoms with Gasteiger partial charge in [-0.2, -0.15) is 0 Å². The first-order valence-corrected chi connectivity index (χ1v) is 10.1. The molecule has 5 atom stereocenters. The van der Waals surface area contributed by atoms with Crippen molar-refractivity contribution in [3.05, 3.63) is 16.5 Å². The Morgan fingerprint density at radius 1 is 1.19 bits per heavy atom. The normalized spacial score (nSPS) is 27.7. The number of esters is 3. The number of thiophene rings is 1. The molecule has 8 nitrogen and oxygen atoms in total. The Kier molecular flexibility index (Phi) is 7.92. The summed E-state index contributed by atoms with van der Waals surface area (Å²) in [5.41, 5.74) is 5.55. The lowest BCUT2D eigenvalue weighted by atomic mass is 9.97. The molecule has 0 aliphatic carbocycles. The van der Waals surface area contributed by atoms with Crippen LogP contribution in [0.5, 0.6) is 0 Å². The Morgan fingerprint density at radius 3 is 2.33 bits per heavy atom. The van der Waals surface area contributed by atoms with Crippen molar-refractivity contribution in [2.45, 2.75) is 54.8 Å². The van der Waals surface area contributed by atoms with E-state index < -0.39 is 47.7 Å². The van der Waals surface area contributed by atoms with Crippen LogP contribution in [0.15, 0.2) is 15.7 Å². The van der Waals surface area contributed by atoms with Crippen LogP contribution in [0.2, 0.25) is 5.02 Å². The average Bonchev–Trinajstić information content (AvgIpc) is 2.96. The topological polar surface area (TPSA) is 114 Å². The largest absolute Gasteiger partial charge is 0.463 e. The van der Waals surface area contributed by atoms with Gasteiger partial charge in [-0.25, -0.2) is 0 Å². The minimum absolute atomic E-state index is 0.157. The molecule has 1 aromatic heterocycles. The van der Waals surface area contributed by atoms with Gasteiger partial charge >= 0.3 is 17.9 Å². The van der Waals surface area contributed by atoms with E-state index in [-0.39, 0.29) is 6.61 Å². The van der Waals surface area contributed by atoms with Gasteiger partial charge in [-0.1, -0.05) is 23.4 Å². The van der Waals surface area contributed by atoms with E-state index in [9.17, 15) is 14.4 Å². The number of halogens is 1. The van der Waals surface area contributed by atoms with Crippen molar-refractivity contribution in [1.29, 1.82) is 0 Å². The Balaban J connectivity index is 2.26. The van der Waals surface area contributed by atoms with Gasteiger partial charge in [0, 0.05) is 26.2 Å². The molecule has 0 amide bonds. The summed E-state index contributed by atoms with van der Waals surface area (Å²) in [5.74, 6) is -1.64. The van der Waals surface area contributed by atoms with Gasteiger partial charge in [0.05, 0.1) is 15.3 Å². The maximum Gasteiger partial charge on any atom is 0.303 e. The summed E-state index contributed by atoms with van der Waals surface area (Å²) >= 11 is 8.62. The standard InChI is InChI=1S/C16H20ClNO7S2/c1-7(19)22-5-11-14(23-8(2)20)13(18)15(24-9(3)21)16(25-11)27-12-4-10(17)6-26-12/h4,6,11,13-16H,5,18H2,1-3H3. The van der Waals surface area contributed by atoms with Crippen molar-refractivity contribution >= 4 is 52.6 Å². The Labute approximate surface area is 169 Å². The summed E-state index contributed by atoms with van der Waals surface area (Å²) in [6.07, 6.45) is -2.64. The zero-order valence-corrected chi connectivity index (χ0v) is 17.3. The number of ether oxygens (including phenoxy) is 4. The molecule has 5 unspecified atom stereocenters. The lowest BCUT2D eigenvalue weighted by Crippen LogP contribution is -2.63. The third-order valence-electron chi connectivity index (χ3n) is 3.53. The van der Waals surface area contributed by atoms with Crippen LogP contribution in [-0.2, 0) is 33.3 Å². The fraction of sp³-hybridized carbons (Fsp3) is 0.562. The average molecular weight is 438 g/mol. The van der Waals surface area contributed by atoms with E-state index in [1.165, 1.54) is 43.9 Å². The molecule has 27 heavy (non-hydrogen) atoms. The molecule has 0 aromatic carbocycles. The first-order valence-electron chi connectivity index (χ1n) is 7.97. The monoisotopic (exact) mass is 437 g/mol. The number of hydrogen-bond acceptors (Lipinski definition) is 10. The zero-order valence-electron chi connectivity index (χ0n) is 14.9. The smallest absolute Gasteiger partial charge is 0.303 e. The molecule has 1 fully saturated rings. The summed E-state index contributed by atoms with van der Waals surface area (Å²) in [7, 11) is 0. The molecule has 0 radical (unpaired) electrons. The Hall–Kier alpha value is -1.33. The van der Waals surface area contributed by atoms with Crippen LogP contribution >= 0.6 is 34.7 Å². The number of rotatable bonds is 6. The second-order valence-corrected chi connectivity index (χ2v) is 8.52. The minimum Gasteiger partial charge on any atom is -0.463 e. The molecular weight excluding hydrogens is 418 g/mol. The van der Waals surface area contributed by atoms with Crippen LogP contribution in [0.1, 0.15) is 20.8 Å². The number of carbonyl (C=O) groups is 3. The van der Waals surface area contributed by atoms with Crippen LogP contribution < -0.4 is 5.73 Å². The van der Waals surface area contributed by atoms with E-state index in [1.807, 2.05) is 0 Å². The molecule has 0 bridgehead atoms. The molecule has 2 N–H and O–H groups in total. The SMILES string of the molecule is CC(=O)OCC1OC(Sc2cc(Cl)cs2)C(OC(C)=O)C(N)C1OC(C)=O. The maximum absolute atomic E-state index is 11.5. The molecule has 0 spiro atoms. The van der Waals surface area contributed by atoms with Crippen molar-refractivity contribution in [3.63, 3.8) is 0 Å². The van der Waals surface area contributed by atoms with E-state index in [4.69, 9.17) is 36.3 Å². The molecular formula is C16H20ClNO7S2. The second-order valence-electron chi connectivity index (χ2n) is 5.77. The van der Waals surface area contributed by atoms with Gasteiger partial charge in [0.2, 0.25) is 0 Å². The van der Waals surface area contributed by atoms with Crippen molar-refractivity contribution in [1.82, 2.24) is 0 Å². The van der Waals surface area contributed by atoms with Crippen LogP contribution in [0.4, 0.5) is 0 Å². The minimum atomic E-state index is -0.949. The fourth-order valence-corrected chi connectivity index (χ4v) is 5.02. The zero-order chi connectivity index (χ0) is 20.1. The molecule has 2 heterocycles. The number of carbonyl (C=O) groups excluding carboxylic acids is 3. The van der Waals surface area contributed by atoms with Gasteiger partial charge in [0.15, 0.2) is 6.10 Å². The molecule has 11 heteroatoms. The van der Waals surface area contributed by atoms with Gasteiger partial charge in [-0.3, -0.25) is 14.4 Å². The molecule has 1 aliphatic rings. The second kappa shape index (κ2) is 9.74. The highest BCUT2D eigenvalue weighted by Crippen LogP contribution is 2.38. The highest BCUT2D eigenvalue weighted by atomic mass is 35.5. The molecule has 1 aliphatic heterocycles. The number of hydrogen-bond donors (Lipinski definition) is 1. The third kappa shape index (κ3) is 6.35. The van der Waals surface area contributed by atoms with Crippen LogP contribution in [0.25, 0.3) is 0 Å². The lowest BCUT2D eigenvalue weighted by Gasteiger charge is -2.43. The maximum atomic E-state index is 11.5. The highest BCUT2D eigenvalue weighted by molar-refractivity contribution is 8.01. The van der Waals surface area contributed by atoms with E-state index >= 15 is 0 Å². The molecule has 150 valence electrons. The fourth-order valence-electron chi connectivity index (χ4n) is 2.51. The van der Waals surface area contributed by atoms with Gasteiger partial charge in [0.1, 0.15) is 24.3 Å². The van der Waals surface area contributed by atoms with Crippen LogP contribution in [0.3, 0.4) is 0 Å². The van der Waals surface area contributed by atoms with Crippen molar-refractivity contribution in [3.8, 4) is 0 Å². The van der Waals surface area contributed by atoms with Crippen molar-refractivity contribution < 1.29 is 33.3 Å². The summed E-state index contributed by atoms with van der Waals surface area (Å²) in [5, 5.41) is 2.33. The first kappa shape index (κ1) is 22.0. The van der Waals surface area contributed by atoms with E-state index in [2.05, 4.69) is 0 Å². The highest BCUT2D eigenvalue weighted by Gasteiger charge is 2.48. The predicted octanol–water partition coefficient (Wildman–Crippen LogP) is 1.97. The number of thioether (sulfide) groups is 1. The van der Waals surface area contributed by atoms with Gasteiger partial charge < -0.3 is 24.7 Å². The quantitative estimate of drug-likeness (QED) is 0.526. The van der Waals surface area contributed by atoms with Gasteiger partial charge in [-0.05, 0) is 6.07 Å². The van der Waals surface area contributed by atoms with E-state index in [0.717, 1.165) is 4.21 Å². The van der Waals surface area contributed by atoms with Gasteiger partial charge in [0.25, 0.3) is 0 Å². The van der Waals surface area contributed by atoms with Crippen molar-refractivity contribution in [2.24, 2.45) is 5.73 Å². The number of nitrogens with two attached hydrogens (primary N) is 1. The summed E-state index contributed by atoms with van der Waals surface area (Å²) in [6.45, 7) is 3.58. The van der Waals surface area contributed by atoms with Crippen LogP contribution in [-0.4, -0.2) is 54.3 Å². The van der Waals surface area contributed by atoms with Crippen molar-refractivity contribution in [2.75, 3.05) is 6.61 Å². The summed E-state index contributed by atoms with van der Waals surface area (Å²) < 4.78 is 22.4. The van der Waals surface area contributed by atoms with Crippen LogP contribution in [0, 0.1) is 0 Å². The summed E-state index contributed by atoms with van der Waals surface area (Å²) in [4.78, 5) is 34.2. The molecule has 1 saturated heterocycles. The lowest BCUT2D eigenvalue weighted by molar-refractivity contribution is -0.201. The molecule has 0 saturated carbocycles. The molecule has 2 rings (SSSR count). The first-order chi connectivity index (χ1) is 12.7. The Morgan fingerprint density at radius 2 is 1.81 bits per heavy atom. The van der Waals surface area contributed by atoms with E-state index in [0.29, 0.717) is 5.02 Å². The Bertz CT molecular complexity index is 696.